The van der Waals surface area contributed by atoms with Gasteiger partial charge in [0.1, 0.15) is 0 Å². The summed E-state index contributed by atoms with van der Waals surface area (Å²) in [6.07, 6.45) is 4.26. The highest BCUT2D eigenvalue weighted by atomic mass is 32.2. The molecule has 1 saturated heterocycles. The molecule has 2 aromatic carbocycles. The lowest BCUT2D eigenvalue weighted by molar-refractivity contribution is -0.139. The van der Waals surface area contributed by atoms with E-state index in [0.29, 0.717) is 26.2 Å². The first-order chi connectivity index (χ1) is 18.9. The van der Waals surface area contributed by atoms with Crippen LogP contribution in [-0.4, -0.2) is 61.5 Å². The van der Waals surface area contributed by atoms with Gasteiger partial charge in [-0.15, -0.1) is 15.8 Å². The summed E-state index contributed by atoms with van der Waals surface area (Å²) in [6, 6.07) is 18.4. The van der Waals surface area contributed by atoms with Gasteiger partial charge in [-0.25, -0.2) is 9.22 Å². The van der Waals surface area contributed by atoms with E-state index in [2.05, 4.69) is 70.7 Å². The fraction of sp³-hybridized carbons (Fsp3) is 0.300. The Balaban J connectivity index is 1.23. The van der Waals surface area contributed by atoms with Crippen molar-refractivity contribution in [3.05, 3.63) is 93.2 Å². The van der Waals surface area contributed by atoms with Crippen molar-refractivity contribution in [3.8, 4) is 11.8 Å². The Morgan fingerprint density at radius 3 is 2.46 bits per heavy atom. The number of carboxylic acids is 1. The van der Waals surface area contributed by atoms with Crippen molar-refractivity contribution in [1.82, 2.24) is 9.42 Å². The summed E-state index contributed by atoms with van der Waals surface area (Å²) < 4.78 is 22.9. The van der Waals surface area contributed by atoms with Gasteiger partial charge in [-0.05, 0) is 84.3 Å². The SMILES string of the molecule is CC(CC(=O)O)N(N1CCN(c2ccc(C#Cc3ccc4c(c3)C(c3cccs3)=CCC4)cc2)CC1)S(=O)O. The highest BCUT2D eigenvalue weighted by Gasteiger charge is 2.30. The maximum Gasteiger partial charge on any atom is 0.305 e. The second kappa shape index (κ2) is 12.3. The van der Waals surface area contributed by atoms with Gasteiger partial charge >= 0.3 is 5.97 Å². The van der Waals surface area contributed by atoms with Crippen molar-refractivity contribution in [2.75, 3.05) is 31.1 Å². The number of hydrogen-bond donors (Lipinski definition) is 2. The molecule has 2 aliphatic rings. The number of carbonyl (C=O) groups is 1. The first-order valence-electron chi connectivity index (χ1n) is 13.0. The lowest BCUT2D eigenvalue weighted by Gasteiger charge is -2.41. The standard InChI is InChI=1S/C30H31N3O4S2/c1-22(20-30(34)35)33(39(36)37)32-17-15-31(16-18-32)26-13-10-23(11-14-26)7-8-24-9-12-25-4-2-5-27(28(25)21-24)29-6-3-19-38-29/h3,5-6,9-14,19,21-22H,2,4,15-18,20H2,1H3,(H,34,35)(H,36,37). The zero-order chi connectivity index (χ0) is 27.4. The number of hydrogen-bond acceptors (Lipinski definition) is 5. The molecular formula is C30H31N3O4S2. The maximum atomic E-state index is 11.9. The van der Waals surface area contributed by atoms with Crippen molar-refractivity contribution in [1.29, 1.82) is 0 Å². The number of benzene rings is 2. The summed E-state index contributed by atoms with van der Waals surface area (Å²) in [5.41, 5.74) is 6.97. The molecule has 7 nitrogen and oxygen atoms in total. The minimum atomic E-state index is -2.28. The van der Waals surface area contributed by atoms with Crippen LogP contribution < -0.4 is 4.90 Å². The van der Waals surface area contributed by atoms with E-state index in [9.17, 15) is 13.6 Å². The van der Waals surface area contributed by atoms with Gasteiger partial charge in [-0.3, -0.25) is 9.35 Å². The van der Waals surface area contributed by atoms with E-state index in [-0.39, 0.29) is 6.42 Å². The molecule has 1 fully saturated rings. The topological polar surface area (TPSA) is 84.3 Å². The fourth-order valence-corrected chi connectivity index (χ4v) is 6.71. The molecule has 0 amide bonds. The molecule has 2 N–H and O–H groups in total. The number of hydrazine groups is 1. The van der Waals surface area contributed by atoms with E-state index < -0.39 is 23.3 Å². The molecule has 0 spiro atoms. The number of aryl methyl sites for hydroxylation is 1. The normalized spacial score (nSPS) is 17.1. The van der Waals surface area contributed by atoms with Gasteiger partial charge in [0.2, 0.25) is 11.3 Å². The van der Waals surface area contributed by atoms with Gasteiger partial charge in [-0.1, -0.05) is 30.0 Å². The molecular weight excluding hydrogens is 530 g/mol. The van der Waals surface area contributed by atoms with E-state index in [4.69, 9.17) is 5.11 Å². The first kappa shape index (κ1) is 27.3. The Hall–Kier alpha value is -3.26. The van der Waals surface area contributed by atoms with Crippen LogP contribution in [0.1, 0.15) is 46.9 Å². The number of fused-ring (bicyclic) bond motifs is 1. The van der Waals surface area contributed by atoms with Crippen LogP contribution in [0.2, 0.25) is 0 Å². The molecule has 0 saturated carbocycles. The minimum Gasteiger partial charge on any atom is -0.481 e. The molecule has 2 unspecified atom stereocenters. The molecule has 5 rings (SSSR count). The quantitative estimate of drug-likeness (QED) is 0.317. The molecule has 0 bridgehead atoms. The zero-order valence-electron chi connectivity index (χ0n) is 21.7. The molecule has 1 aromatic heterocycles. The summed E-state index contributed by atoms with van der Waals surface area (Å²) in [7, 11) is 0. The smallest absolute Gasteiger partial charge is 0.305 e. The van der Waals surface area contributed by atoms with Crippen molar-refractivity contribution >= 4 is 39.8 Å². The molecule has 2 heterocycles. The maximum absolute atomic E-state index is 11.9. The van der Waals surface area contributed by atoms with Crippen LogP contribution in [0.3, 0.4) is 0 Å². The first-order valence-corrected chi connectivity index (χ1v) is 14.9. The summed E-state index contributed by atoms with van der Waals surface area (Å²) in [4.78, 5) is 14.6. The summed E-state index contributed by atoms with van der Waals surface area (Å²) in [6.45, 7) is 4.02. The number of anilines is 1. The number of allylic oxidation sites excluding steroid dienone is 1. The Labute approximate surface area is 235 Å². The average Bonchev–Trinajstić information content (AvgIpc) is 3.47. The van der Waals surface area contributed by atoms with Crippen molar-refractivity contribution < 1.29 is 18.7 Å². The Bertz CT molecular complexity index is 1430. The molecule has 39 heavy (non-hydrogen) atoms. The Kier molecular flexibility index (Phi) is 8.60. The highest BCUT2D eigenvalue weighted by molar-refractivity contribution is 7.76. The Morgan fingerprint density at radius 1 is 1.08 bits per heavy atom. The van der Waals surface area contributed by atoms with Gasteiger partial charge in [0.25, 0.3) is 0 Å². The number of piperazine rings is 1. The third-order valence-electron chi connectivity index (χ3n) is 7.07. The van der Waals surface area contributed by atoms with Crippen LogP contribution in [0.25, 0.3) is 5.57 Å². The van der Waals surface area contributed by atoms with Crippen LogP contribution in [0, 0.1) is 11.8 Å². The minimum absolute atomic E-state index is 0.201. The zero-order valence-corrected chi connectivity index (χ0v) is 23.4. The van der Waals surface area contributed by atoms with E-state index in [0.717, 1.165) is 29.7 Å². The van der Waals surface area contributed by atoms with Crippen LogP contribution in [0.5, 0.6) is 0 Å². The molecule has 1 aliphatic carbocycles. The van der Waals surface area contributed by atoms with Gasteiger partial charge in [0.15, 0.2) is 0 Å². The van der Waals surface area contributed by atoms with Gasteiger partial charge in [0, 0.05) is 53.9 Å². The van der Waals surface area contributed by atoms with Crippen LogP contribution >= 0.6 is 11.3 Å². The largest absolute Gasteiger partial charge is 0.481 e. The number of carboxylic acid groups (broad SMARTS) is 1. The van der Waals surface area contributed by atoms with Crippen molar-refractivity contribution in [2.45, 2.75) is 32.2 Å². The second-order valence-electron chi connectivity index (χ2n) is 9.72. The lowest BCUT2D eigenvalue weighted by Crippen LogP contribution is -2.57. The molecule has 202 valence electrons. The molecule has 2 atom stereocenters. The summed E-state index contributed by atoms with van der Waals surface area (Å²) in [5, 5.41) is 13.0. The third kappa shape index (κ3) is 6.49. The molecule has 0 radical (unpaired) electrons. The molecule has 1 aliphatic heterocycles. The van der Waals surface area contributed by atoms with E-state index in [1.165, 1.54) is 26.0 Å². The van der Waals surface area contributed by atoms with Crippen LogP contribution in [0.15, 0.2) is 66.1 Å². The van der Waals surface area contributed by atoms with Crippen LogP contribution in [-0.2, 0) is 22.5 Å². The third-order valence-corrected chi connectivity index (χ3v) is 8.89. The van der Waals surface area contributed by atoms with E-state index >= 15 is 0 Å². The van der Waals surface area contributed by atoms with Gasteiger partial charge in [0.05, 0.1) is 6.42 Å². The predicted octanol–water partition coefficient (Wildman–Crippen LogP) is 4.86. The number of aliphatic carboxylic acids is 1. The fourth-order valence-electron chi connectivity index (χ4n) is 5.18. The summed E-state index contributed by atoms with van der Waals surface area (Å²) in [5.74, 6) is 5.64. The van der Waals surface area contributed by atoms with E-state index in [1.807, 2.05) is 12.1 Å². The van der Waals surface area contributed by atoms with Crippen molar-refractivity contribution in [2.24, 2.45) is 0 Å². The average molecular weight is 562 g/mol. The van der Waals surface area contributed by atoms with E-state index in [1.54, 1.807) is 23.3 Å². The van der Waals surface area contributed by atoms with Crippen LogP contribution in [0.4, 0.5) is 5.69 Å². The number of nitrogens with zero attached hydrogens (tertiary/aromatic N) is 3. The van der Waals surface area contributed by atoms with Gasteiger partial charge in [-0.2, -0.15) is 0 Å². The predicted molar refractivity (Wildman–Crippen MR) is 157 cm³/mol. The number of rotatable bonds is 7. The monoisotopic (exact) mass is 561 g/mol. The molecule has 9 heteroatoms. The second-order valence-corrected chi connectivity index (χ2v) is 11.5. The van der Waals surface area contributed by atoms with Gasteiger partial charge < -0.3 is 10.0 Å². The lowest BCUT2D eigenvalue weighted by atomic mass is 9.89. The molecule has 3 aromatic rings. The Morgan fingerprint density at radius 2 is 1.79 bits per heavy atom. The number of thiophene rings is 1. The van der Waals surface area contributed by atoms with Crippen molar-refractivity contribution in [3.63, 3.8) is 0 Å². The summed E-state index contributed by atoms with van der Waals surface area (Å²) >= 11 is -0.507. The highest BCUT2D eigenvalue weighted by Crippen LogP contribution is 2.34.